The van der Waals surface area contributed by atoms with Gasteiger partial charge in [-0.25, -0.2) is 10.2 Å². The number of hydrogen-bond acceptors (Lipinski definition) is 5. The SMILES string of the molecule is CC(CN1NC(=O)NC(c2ccc(N(C)C)cc2)=C1c1ccc(N(C)C)cc1)N(C)C. The molecule has 0 radical (unpaired) electrons. The third-order valence-electron chi connectivity index (χ3n) is 5.64. The summed E-state index contributed by atoms with van der Waals surface area (Å²) in [5.74, 6) is 0. The molecule has 0 saturated carbocycles. The molecule has 7 heteroatoms. The summed E-state index contributed by atoms with van der Waals surface area (Å²) in [4.78, 5) is 18.9. The number of urea groups is 1. The number of hydrazine groups is 1. The number of carbonyl (C=O) groups is 1. The molecule has 0 aliphatic carbocycles. The normalized spacial score (nSPS) is 15.0. The van der Waals surface area contributed by atoms with E-state index in [0.717, 1.165) is 33.9 Å². The molecule has 2 N–H and O–H groups in total. The molecule has 1 heterocycles. The van der Waals surface area contributed by atoms with Crippen LogP contribution in [0.2, 0.25) is 0 Å². The van der Waals surface area contributed by atoms with Crippen molar-refractivity contribution in [1.29, 1.82) is 0 Å². The number of anilines is 2. The van der Waals surface area contributed by atoms with Gasteiger partial charge in [0.05, 0.1) is 17.9 Å². The lowest BCUT2D eigenvalue weighted by molar-refractivity contribution is 0.187. The zero-order valence-corrected chi connectivity index (χ0v) is 19.6. The molecule has 7 nitrogen and oxygen atoms in total. The summed E-state index contributed by atoms with van der Waals surface area (Å²) in [5.41, 5.74) is 9.00. The lowest BCUT2D eigenvalue weighted by Crippen LogP contribution is -2.54. The molecule has 0 bridgehead atoms. The van der Waals surface area contributed by atoms with Gasteiger partial charge in [0.1, 0.15) is 0 Å². The Kier molecular flexibility index (Phi) is 6.75. The average molecular weight is 423 g/mol. The molecule has 0 aromatic heterocycles. The van der Waals surface area contributed by atoms with E-state index in [1.165, 1.54) is 0 Å². The molecule has 2 aromatic carbocycles. The van der Waals surface area contributed by atoms with E-state index in [-0.39, 0.29) is 12.1 Å². The van der Waals surface area contributed by atoms with Crippen molar-refractivity contribution in [2.75, 3.05) is 58.6 Å². The van der Waals surface area contributed by atoms with Gasteiger partial charge in [0.15, 0.2) is 0 Å². The number of benzene rings is 2. The Morgan fingerprint density at radius 2 is 1.29 bits per heavy atom. The Morgan fingerprint density at radius 3 is 1.74 bits per heavy atom. The van der Waals surface area contributed by atoms with Gasteiger partial charge in [-0.05, 0) is 45.3 Å². The summed E-state index contributed by atoms with van der Waals surface area (Å²) in [6.45, 7) is 2.80. The van der Waals surface area contributed by atoms with Crippen LogP contribution in [0.5, 0.6) is 0 Å². The molecule has 166 valence electrons. The van der Waals surface area contributed by atoms with Crippen LogP contribution in [-0.4, -0.2) is 70.8 Å². The van der Waals surface area contributed by atoms with Crippen LogP contribution in [0.15, 0.2) is 48.5 Å². The number of amides is 2. The first-order valence-corrected chi connectivity index (χ1v) is 10.5. The molecule has 2 aromatic rings. The zero-order chi connectivity index (χ0) is 22.7. The molecule has 1 atom stereocenters. The fourth-order valence-corrected chi connectivity index (χ4v) is 3.43. The summed E-state index contributed by atoms with van der Waals surface area (Å²) in [5, 5.41) is 5.01. The van der Waals surface area contributed by atoms with Gasteiger partial charge in [0, 0.05) is 56.7 Å². The molecule has 31 heavy (non-hydrogen) atoms. The Hall–Kier alpha value is -3.19. The van der Waals surface area contributed by atoms with Crippen LogP contribution in [0.25, 0.3) is 11.4 Å². The van der Waals surface area contributed by atoms with E-state index in [4.69, 9.17) is 0 Å². The minimum absolute atomic E-state index is 0.230. The number of nitrogens with one attached hydrogen (secondary N) is 2. The number of rotatable bonds is 7. The zero-order valence-electron chi connectivity index (χ0n) is 19.6. The van der Waals surface area contributed by atoms with Crippen molar-refractivity contribution in [2.24, 2.45) is 0 Å². The number of nitrogens with zero attached hydrogens (tertiary/aromatic N) is 4. The average Bonchev–Trinajstić information content (AvgIpc) is 2.73. The van der Waals surface area contributed by atoms with E-state index < -0.39 is 0 Å². The maximum atomic E-state index is 12.6. The highest BCUT2D eigenvalue weighted by Gasteiger charge is 2.28. The second kappa shape index (κ2) is 9.31. The van der Waals surface area contributed by atoms with Gasteiger partial charge in [-0.1, -0.05) is 24.3 Å². The van der Waals surface area contributed by atoms with Crippen molar-refractivity contribution in [2.45, 2.75) is 13.0 Å². The highest BCUT2D eigenvalue weighted by molar-refractivity contribution is 5.99. The Morgan fingerprint density at radius 1 is 0.806 bits per heavy atom. The van der Waals surface area contributed by atoms with Crippen molar-refractivity contribution >= 4 is 28.8 Å². The first kappa shape index (κ1) is 22.5. The second-order valence-electron chi connectivity index (χ2n) is 8.60. The van der Waals surface area contributed by atoms with Crippen LogP contribution >= 0.6 is 0 Å². The summed E-state index contributed by atoms with van der Waals surface area (Å²) >= 11 is 0. The Bertz CT molecular complexity index is 932. The van der Waals surface area contributed by atoms with Gasteiger partial charge >= 0.3 is 6.03 Å². The lowest BCUT2D eigenvalue weighted by Gasteiger charge is -2.37. The maximum Gasteiger partial charge on any atom is 0.338 e. The Balaban J connectivity index is 2.12. The molecule has 1 aliphatic rings. The smallest absolute Gasteiger partial charge is 0.338 e. The van der Waals surface area contributed by atoms with E-state index in [0.29, 0.717) is 6.54 Å². The van der Waals surface area contributed by atoms with Crippen molar-refractivity contribution in [3.63, 3.8) is 0 Å². The molecular weight excluding hydrogens is 388 g/mol. The highest BCUT2D eigenvalue weighted by Crippen LogP contribution is 2.31. The molecule has 3 rings (SSSR count). The molecule has 2 amide bonds. The standard InChI is InChI=1S/C24H34N6O/c1-17(27(2)3)16-30-23(19-10-14-21(15-11-19)29(6)7)22(25-24(31)26-30)18-8-12-20(13-9-18)28(4)5/h8-15,17H,16H2,1-7H3,(H2,25,26,31). The molecule has 0 fully saturated rings. The largest absolute Gasteiger partial charge is 0.378 e. The van der Waals surface area contributed by atoms with E-state index in [1.807, 2.05) is 47.3 Å². The predicted octanol–water partition coefficient (Wildman–Crippen LogP) is 3.12. The first-order valence-electron chi connectivity index (χ1n) is 10.5. The van der Waals surface area contributed by atoms with Crippen molar-refractivity contribution in [3.8, 4) is 0 Å². The van der Waals surface area contributed by atoms with Gasteiger partial charge in [-0.2, -0.15) is 0 Å². The summed E-state index contributed by atoms with van der Waals surface area (Å²) in [6.07, 6.45) is 0. The topological polar surface area (TPSA) is 54.1 Å². The van der Waals surface area contributed by atoms with Crippen molar-refractivity contribution in [3.05, 3.63) is 59.7 Å². The third kappa shape index (κ3) is 5.11. The molecule has 0 saturated heterocycles. The van der Waals surface area contributed by atoms with E-state index in [2.05, 4.69) is 80.9 Å². The van der Waals surface area contributed by atoms with Gasteiger partial charge < -0.3 is 20.0 Å². The predicted molar refractivity (Wildman–Crippen MR) is 130 cm³/mol. The van der Waals surface area contributed by atoms with Gasteiger partial charge in [-0.3, -0.25) is 5.01 Å². The van der Waals surface area contributed by atoms with Crippen LogP contribution in [0.4, 0.5) is 16.2 Å². The number of carbonyl (C=O) groups excluding carboxylic acids is 1. The Labute approximate surface area is 185 Å². The summed E-state index contributed by atoms with van der Waals surface area (Å²) in [6, 6.07) is 16.6. The van der Waals surface area contributed by atoms with E-state index >= 15 is 0 Å². The van der Waals surface area contributed by atoms with Crippen LogP contribution in [0, 0.1) is 0 Å². The van der Waals surface area contributed by atoms with Crippen LogP contribution < -0.4 is 20.5 Å². The van der Waals surface area contributed by atoms with Crippen LogP contribution in [0.1, 0.15) is 18.1 Å². The minimum atomic E-state index is -0.230. The maximum absolute atomic E-state index is 12.6. The minimum Gasteiger partial charge on any atom is -0.378 e. The van der Waals surface area contributed by atoms with E-state index in [9.17, 15) is 4.79 Å². The second-order valence-corrected chi connectivity index (χ2v) is 8.60. The number of hydrogen-bond donors (Lipinski definition) is 2. The van der Waals surface area contributed by atoms with Gasteiger partial charge in [0.25, 0.3) is 0 Å². The summed E-state index contributed by atoms with van der Waals surface area (Å²) < 4.78 is 0. The quantitative estimate of drug-likeness (QED) is 0.718. The number of likely N-dealkylation sites (N-methyl/N-ethyl adjacent to an activating group) is 1. The monoisotopic (exact) mass is 422 g/mol. The fourth-order valence-electron chi connectivity index (χ4n) is 3.43. The van der Waals surface area contributed by atoms with Crippen LogP contribution in [0.3, 0.4) is 0 Å². The fraction of sp³-hybridized carbons (Fsp3) is 0.375. The lowest BCUT2D eigenvalue weighted by atomic mass is 10.0. The van der Waals surface area contributed by atoms with Crippen molar-refractivity contribution in [1.82, 2.24) is 20.7 Å². The molecule has 0 spiro atoms. The molecule has 1 aliphatic heterocycles. The van der Waals surface area contributed by atoms with Crippen molar-refractivity contribution < 1.29 is 4.79 Å². The highest BCUT2D eigenvalue weighted by atomic mass is 16.2. The third-order valence-corrected chi connectivity index (χ3v) is 5.64. The molecular formula is C24H34N6O. The van der Waals surface area contributed by atoms with Crippen LogP contribution in [-0.2, 0) is 0 Å². The molecule has 1 unspecified atom stereocenters. The summed E-state index contributed by atoms with van der Waals surface area (Å²) in [7, 11) is 12.2. The van der Waals surface area contributed by atoms with E-state index in [1.54, 1.807) is 0 Å². The van der Waals surface area contributed by atoms with Gasteiger partial charge in [-0.15, -0.1) is 0 Å². The van der Waals surface area contributed by atoms with Gasteiger partial charge in [0.2, 0.25) is 0 Å². The first-order chi connectivity index (χ1) is 14.7.